The van der Waals surface area contributed by atoms with Crippen LogP contribution >= 0.6 is 20.8 Å². The van der Waals surface area contributed by atoms with Crippen LogP contribution in [0.25, 0.3) is 10.9 Å². The third kappa shape index (κ3) is 3.24. The molecule has 0 bridgehead atoms. The molecule has 0 aliphatic heterocycles. The van der Waals surface area contributed by atoms with Gasteiger partial charge in [0.25, 0.3) is 0 Å². The van der Waals surface area contributed by atoms with Gasteiger partial charge in [-0.3, -0.25) is 0 Å². The maximum absolute atomic E-state index is 4.54. The Balaban J connectivity index is 1.84. The van der Waals surface area contributed by atoms with E-state index in [1.54, 1.807) is 0 Å². The third-order valence-electron chi connectivity index (χ3n) is 6.18. The minimum absolute atomic E-state index is 0.880. The number of hydrogen-bond donors (Lipinski definition) is 0. The Hall–Kier alpha value is -2.74. The molecule has 0 spiro atoms. The van der Waals surface area contributed by atoms with Gasteiger partial charge < -0.3 is 0 Å². The molecule has 4 heteroatoms. The molecule has 0 amide bonds. The van der Waals surface area contributed by atoms with Crippen LogP contribution in [0.4, 0.5) is 0 Å². The fourth-order valence-corrected chi connectivity index (χ4v) is 12.3. The van der Waals surface area contributed by atoms with Crippen molar-refractivity contribution < 1.29 is 0 Å². The van der Waals surface area contributed by atoms with E-state index in [0.29, 0.717) is 0 Å². The van der Waals surface area contributed by atoms with Gasteiger partial charge in [-0.05, 0) is 0 Å². The molecule has 0 fully saturated rings. The van der Waals surface area contributed by atoms with E-state index in [1.807, 2.05) is 17.9 Å². The Morgan fingerprint density at radius 1 is 0.710 bits per heavy atom. The molecule has 2 nitrogen and oxygen atoms in total. The summed E-state index contributed by atoms with van der Waals surface area (Å²) in [5.74, 6) is 0. The fraction of sp³-hybridized carbons (Fsp3) is 0.0741. The van der Waals surface area contributed by atoms with E-state index in [4.69, 9.17) is 0 Å². The monoisotopic (exact) mass is 486 g/mol. The second kappa shape index (κ2) is 7.75. The van der Waals surface area contributed by atoms with E-state index in [0.717, 1.165) is 11.7 Å². The summed E-state index contributed by atoms with van der Waals surface area (Å²) in [4.78, 5) is 0. The topological polar surface area (TPSA) is 17.8 Å². The van der Waals surface area contributed by atoms with Crippen molar-refractivity contribution in [2.45, 2.75) is 6.16 Å². The first-order chi connectivity index (χ1) is 15.1. The molecule has 0 N–H and O–H groups in total. The summed E-state index contributed by atoms with van der Waals surface area (Å²) in [6.07, 6.45) is 2.81. The zero-order chi connectivity index (χ0) is 21.3. The average Bonchev–Trinajstić information content (AvgIpc) is 3.21. The van der Waals surface area contributed by atoms with E-state index in [2.05, 4.69) is 130 Å². The molecule has 0 saturated heterocycles. The second-order valence-electron chi connectivity index (χ2n) is 8.01. The zero-order valence-corrected chi connectivity index (χ0v) is 19.9. The molecule has 0 unspecified atom stereocenters. The molecule has 0 aliphatic rings. The van der Waals surface area contributed by atoms with Gasteiger partial charge in [-0.25, -0.2) is 0 Å². The number of aromatic nitrogens is 2. The van der Waals surface area contributed by atoms with Gasteiger partial charge in [-0.2, -0.15) is 0 Å². The first-order valence-electron chi connectivity index (χ1n) is 10.4. The van der Waals surface area contributed by atoms with Crippen LogP contribution < -0.4 is 15.9 Å². The number of halogens is 1. The molecule has 0 atom stereocenters. The standard InChI is InChI=1S/C27H24BrN2P/c1-30-27-19-22(17-18-23(27)20-29-30)21-31(28,24-11-5-2-6-12-24,25-13-7-3-8-14-25)26-15-9-4-10-16-26/h2-20H,21H2,1H3. The maximum atomic E-state index is 4.54. The number of fused-ring (bicyclic) bond motifs is 1. The number of rotatable bonds is 5. The summed E-state index contributed by atoms with van der Waals surface area (Å²) in [6.45, 7) is 0. The van der Waals surface area contributed by atoms with Crippen LogP contribution in [0.1, 0.15) is 5.56 Å². The number of hydrogen-bond acceptors (Lipinski definition) is 1. The van der Waals surface area contributed by atoms with Gasteiger partial charge in [0.2, 0.25) is 0 Å². The van der Waals surface area contributed by atoms with Crippen molar-refractivity contribution in [2.75, 3.05) is 0 Å². The summed E-state index contributed by atoms with van der Waals surface area (Å²) in [5, 5.41) is 6.61. The fourth-order valence-electron chi connectivity index (χ4n) is 4.57. The summed E-state index contributed by atoms with van der Waals surface area (Å²) in [5.41, 5.74) is 2.45. The van der Waals surface area contributed by atoms with E-state index in [9.17, 15) is 0 Å². The van der Waals surface area contributed by atoms with Crippen LogP contribution in [-0.4, -0.2) is 9.78 Å². The van der Waals surface area contributed by atoms with Gasteiger partial charge in [0.15, 0.2) is 0 Å². The van der Waals surface area contributed by atoms with E-state index < -0.39 is 5.31 Å². The first-order valence-corrected chi connectivity index (χ1v) is 14.8. The molecule has 5 aromatic rings. The van der Waals surface area contributed by atoms with Crippen LogP contribution in [0.2, 0.25) is 0 Å². The van der Waals surface area contributed by atoms with Gasteiger partial charge in [0.05, 0.1) is 0 Å². The van der Waals surface area contributed by atoms with Crippen LogP contribution in [0.15, 0.2) is 115 Å². The molecule has 4 aromatic carbocycles. The summed E-state index contributed by atoms with van der Waals surface area (Å²) in [6, 6.07) is 39.5. The molecular formula is C27H24BrN2P. The number of aryl methyl sites for hydroxylation is 1. The summed E-state index contributed by atoms with van der Waals surface area (Å²) < 4.78 is 1.95. The van der Waals surface area contributed by atoms with Crippen LogP contribution in [0.3, 0.4) is 0 Å². The van der Waals surface area contributed by atoms with Gasteiger partial charge >= 0.3 is 192 Å². The van der Waals surface area contributed by atoms with Crippen molar-refractivity contribution in [3.8, 4) is 0 Å². The van der Waals surface area contributed by atoms with E-state index in [-0.39, 0.29) is 0 Å². The first kappa shape index (κ1) is 20.2. The molecule has 31 heavy (non-hydrogen) atoms. The Morgan fingerprint density at radius 2 is 1.19 bits per heavy atom. The molecule has 0 saturated carbocycles. The molecule has 0 aliphatic carbocycles. The number of nitrogens with zero attached hydrogens (tertiary/aromatic N) is 2. The predicted molar refractivity (Wildman–Crippen MR) is 138 cm³/mol. The van der Waals surface area contributed by atoms with Crippen LogP contribution in [0, 0.1) is 0 Å². The molecule has 0 radical (unpaired) electrons. The van der Waals surface area contributed by atoms with Crippen LogP contribution in [0.5, 0.6) is 0 Å². The third-order valence-corrected chi connectivity index (χ3v) is 15.7. The van der Waals surface area contributed by atoms with Gasteiger partial charge in [0.1, 0.15) is 0 Å². The average molecular weight is 487 g/mol. The van der Waals surface area contributed by atoms with Crippen molar-refractivity contribution in [2.24, 2.45) is 7.05 Å². The molecule has 154 valence electrons. The summed E-state index contributed by atoms with van der Waals surface area (Å²) in [7, 11) is 2.01. The van der Waals surface area contributed by atoms with Gasteiger partial charge in [-0.15, -0.1) is 0 Å². The van der Waals surface area contributed by atoms with Gasteiger partial charge in [0, 0.05) is 0 Å². The van der Waals surface area contributed by atoms with Crippen molar-refractivity contribution in [1.82, 2.24) is 9.78 Å². The SMILES string of the molecule is Cn1ncc2ccc(CP(Br)(c3ccccc3)(c3ccccc3)c3ccccc3)cc21. The Labute approximate surface area is 191 Å². The quantitative estimate of drug-likeness (QED) is 0.282. The normalized spacial score (nSPS) is 13.0. The zero-order valence-electron chi connectivity index (χ0n) is 17.4. The van der Waals surface area contributed by atoms with E-state index in [1.165, 1.54) is 26.9 Å². The second-order valence-corrected chi connectivity index (χ2v) is 16.9. The Kier molecular flexibility index (Phi) is 5.04. The minimum atomic E-state index is -2.98. The Morgan fingerprint density at radius 3 is 1.68 bits per heavy atom. The Bertz CT molecular complexity index is 1230. The predicted octanol–water partition coefficient (Wildman–Crippen LogP) is 5.91. The van der Waals surface area contributed by atoms with Crippen molar-refractivity contribution in [3.05, 3.63) is 121 Å². The van der Waals surface area contributed by atoms with Gasteiger partial charge in [-0.1, -0.05) is 0 Å². The molecule has 1 aromatic heterocycles. The van der Waals surface area contributed by atoms with Crippen molar-refractivity contribution in [3.63, 3.8) is 0 Å². The van der Waals surface area contributed by atoms with E-state index >= 15 is 0 Å². The van der Waals surface area contributed by atoms with Crippen molar-refractivity contribution in [1.29, 1.82) is 0 Å². The molecule has 1 heterocycles. The van der Waals surface area contributed by atoms with Crippen LogP contribution in [-0.2, 0) is 13.2 Å². The number of benzene rings is 4. The molecule has 5 rings (SSSR count). The summed E-state index contributed by atoms with van der Waals surface area (Å²) >= 11 is 4.54. The molecular weight excluding hydrogens is 463 g/mol. The van der Waals surface area contributed by atoms with Crippen molar-refractivity contribution >= 4 is 47.6 Å².